The minimum absolute atomic E-state index is 0.0851. The third-order valence-electron chi connectivity index (χ3n) is 3.65. The number of hydrogen-bond donors (Lipinski definition) is 1. The molecule has 1 fully saturated rings. The summed E-state index contributed by atoms with van der Waals surface area (Å²) in [6.07, 6.45) is 1.27. The molecule has 1 aromatic rings. The third kappa shape index (κ3) is 3.34. The molecule has 104 valence electrons. The molecule has 1 aliphatic rings. The molecule has 1 aliphatic heterocycles. The van der Waals surface area contributed by atoms with Crippen LogP contribution in [-0.4, -0.2) is 29.9 Å². The highest BCUT2D eigenvalue weighted by atomic mass is 79.9. The average molecular weight is 329 g/mol. The van der Waals surface area contributed by atoms with Gasteiger partial charge < -0.3 is 10.6 Å². The molecule has 1 heterocycles. The molecule has 0 saturated carbocycles. The highest BCUT2D eigenvalue weighted by Gasteiger charge is 2.31. The quantitative estimate of drug-likeness (QED) is 0.925. The molecule has 5 heteroatoms. The molecule has 1 saturated heterocycles. The van der Waals surface area contributed by atoms with Crippen LogP contribution in [0.5, 0.6) is 0 Å². The van der Waals surface area contributed by atoms with Crippen molar-refractivity contribution in [3.8, 4) is 0 Å². The summed E-state index contributed by atoms with van der Waals surface area (Å²) in [6, 6.07) is 4.93. The first kappa shape index (κ1) is 14.5. The van der Waals surface area contributed by atoms with Gasteiger partial charge in [-0.1, -0.05) is 6.07 Å². The SMILES string of the molecule is CC1CC(CN)CN1C(=O)Cc1ccc(F)c(Br)c1. The fourth-order valence-corrected chi connectivity index (χ4v) is 3.01. The van der Waals surface area contributed by atoms with Gasteiger partial charge in [-0.3, -0.25) is 4.79 Å². The molecular formula is C14H18BrFN2O. The van der Waals surface area contributed by atoms with Crippen molar-refractivity contribution in [2.24, 2.45) is 11.7 Å². The monoisotopic (exact) mass is 328 g/mol. The van der Waals surface area contributed by atoms with Gasteiger partial charge in [0.15, 0.2) is 0 Å². The Morgan fingerprint density at radius 3 is 2.89 bits per heavy atom. The Morgan fingerprint density at radius 2 is 2.32 bits per heavy atom. The fourth-order valence-electron chi connectivity index (χ4n) is 2.59. The lowest BCUT2D eigenvalue weighted by molar-refractivity contribution is -0.131. The van der Waals surface area contributed by atoms with Crippen LogP contribution >= 0.6 is 15.9 Å². The minimum Gasteiger partial charge on any atom is -0.339 e. The van der Waals surface area contributed by atoms with E-state index in [0.29, 0.717) is 23.4 Å². The van der Waals surface area contributed by atoms with Crippen molar-refractivity contribution in [2.45, 2.75) is 25.8 Å². The maximum absolute atomic E-state index is 13.1. The number of carbonyl (C=O) groups excluding carboxylic acids is 1. The van der Waals surface area contributed by atoms with Crippen LogP contribution in [0, 0.1) is 11.7 Å². The molecule has 2 atom stereocenters. The number of nitrogens with zero attached hydrogens (tertiary/aromatic N) is 1. The number of likely N-dealkylation sites (tertiary alicyclic amines) is 1. The van der Waals surface area contributed by atoms with Gasteiger partial charge in [0.2, 0.25) is 5.91 Å². The van der Waals surface area contributed by atoms with Crippen LogP contribution in [0.15, 0.2) is 22.7 Å². The molecular weight excluding hydrogens is 311 g/mol. The number of benzene rings is 1. The first-order valence-corrected chi connectivity index (χ1v) is 7.24. The molecule has 0 aliphatic carbocycles. The Labute approximate surface area is 121 Å². The van der Waals surface area contributed by atoms with Crippen molar-refractivity contribution in [1.29, 1.82) is 0 Å². The maximum atomic E-state index is 13.1. The Hall–Kier alpha value is -0.940. The largest absolute Gasteiger partial charge is 0.339 e. The van der Waals surface area contributed by atoms with E-state index in [1.165, 1.54) is 6.07 Å². The predicted molar refractivity (Wildman–Crippen MR) is 76.1 cm³/mol. The van der Waals surface area contributed by atoms with Crippen LogP contribution in [-0.2, 0) is 11.2 Å². The van der Waals surface area contributed by atoms with Crippen LogP contribution in [0.1, 0.15) is 18.9 Å². The number of halogens is 2. The highest BCUT2D eigenvalue weighted by Crippen LogP contribution is 2.24. The van der Waals surface area contributed by atoms with Gasteiger partial charge in [-0.15, -0.1) is 0 Å². The normalized spacial score (nSPS) is 22.8. The van der Waals surface area contributed by atoms with Crippen LogP contribution in [0.3, 0.4) is 0 Å². The van der Waals surface area contributed by atoms with Crippen LogP contribution in [0.25, 0.3) is 0 Å². The molecule has 0 radical (unpaired) electrons. The molecule has 19 heavy (non-hydrogen) atoms. The Bertz CT molecular complexity index is 481. The molecule has 0 spiro atoms. The summed E-state index contributed by atoms with van der Waals surface area (Å²) in [4.78, 5) is 14.1. The molecule has 2 unspecified atom stereocenters. The third-order valence-corrected chi connectivity index (χ3v) is 4.26. The van der Waals surface area contributed by atoms with Gasteiger partial charge >= 0.3 is 0 Å². The zero-order valence-electron chi connectivity index (χ0n) is 10.9. The first-order valence-electron chi connectivity index (χ1n) is 6.44. The molecule has 0 aromatic heterocycles. The second-order valence-electron chi connectivity index (χ2n) is 5.16. The van der Waals surface area contributed by atoms with Gasteiger partial charge in [-0.25, -0.2) is 4.39 Å². The topological polar surface area (TPSA) is 46.3 Å². The molecule has 1 aromatic carbocycles. The smallest absolute Gasteiger partial charge is 0.227 e. The number of hydrogen-bond acceptors (Lipinski definition) is 2. The van der Waals surface area contributed by atoms with E-state index in [1.54, 1.807) is 12.1 Å². The molecule has 2 N–H and O–H groups in total. The lowest BCUT2D eigenvalue weighted by atomic mass is 10.1. The Balaban J connectivity index is 2.03. The van der Waals surface area contributed by atoms with Gasteiger partial charge in [0, 0.05) is 12.6 Å². The summed E-state index contributed by atoms with van der Waals surface area (Å²) in [5.41, 5.74) is 6.48. The van der Waals surface area contributed by atoms with Crippen molar-refractivity contribution in [3.63, 3.8) is 0 Å². The Kier molecular flexibility index (Phi) is 4.58. The van der Waals surface area contributed by atoms with E-state index in [0.717, 1.165) is 18.5 Å². The van der Waals surface area contributed by atoms with Gasteiger partial charge in [-0.05, 0) is 59.4 Å². The standard InChI is InChI=1S/C14H18BrFN2O/c1-9-4-11(7-17)8-18(9)14(19)6-10-2-3-13(16)12(15)5-10/h2-3,5,9,11H,4,6-8,17H2,1H3. The molecule has 3 nitrogen and oxygen atoms in total. The molecule has 1 amide bonds. The minimum atomic E-state index is -0.311. The number of carbonyl (C=O) groups is 1. The van der Waals surface area contributed by atoms with E-state index in [-0.39, 0.29) is 17.8 Å². The summed E-state index contributed by atoms with van der Waals surface area (Å²) in [7, 11) is 0. The second-order valence-corrected chi connectivity index (χ2v) is 6.01. The van der Waals surface area contributed by atoms with Crippen LogP contribution < -0.4 is 5.73 Å². The average Bonchev–Trinajstić information content (AvgIpc) is 2.75. The second kappa shape index (κ2) is 6.01. The zero-order valence-corrected chi connectivity index (χ0v) is 12.5. The van der Waals surface area contributed by atoms with Crippen molar-refractivity contribution in [1.82, 2.24) is 4.90 Å². The maximum Gasteiger partial charge on any atom is 0.227 e. The molecule has 0 bridgehead atoms. The van der Waals surface area contributed by atoms with Crippen molar-refractivity contribution < 1.29 is 9.18 Å². The van der Waals surface area contributed by atoms with E-state index in [2.05, 4.69) is 15.9 Å². The summed E-state index contributed by atoms with van der Waals surface area (Å²) in [5.74, 6) is 0.176. The van der Waals surface area contributed by atoms with Crippen molar-refractivity contribution >= 4 is 21.8 Å². The van der Waals surface area contributed by atoms with E-state index >= 15 is 0 Å². The van der Waals surface area contributed by atoms with E-state index in [9.17, 15) is 9.18 Å². The number of nitrogens with two attached hydrogens (primary N) is 1. The van der Waals surface area contributed by atoms with Gasteiger partial charge in [0.25, 0.3) is 0 Å². The van der Waals surface area contributed by atoms with Crippen LogP contribution in [0.4, 0.5) is 4.39 Å². The van der Waals surface area contributed by atoms with Crippen molar-refractivity contribution in [2.75, 3.05) is 13.1 Å². The summed E-state index contributed by atoms with van der Waals surface area (Å²) < 4.78 is 13.5. The number of amides is 1. The van der Waals surface area contributed by atoms with E-state index in [1.807, 2.05) is 11.8 Å². The number of rotatable bonds is 3. The van der Waals surface area contributed by atoms with Gasteiger partial charge in [-0.2, -0.15) is 0 Å². The first-order chi connectivity index (χ1) is 9.01. The molecule has 2 rings (SSSR count). The van der Waals surface area contributed by atoms with E-state index in [4.69, 9.17) is 5.73 Å². The van der Waals surface area contributed by atoms with E-state index < -0.39 is 0 Å². The summed E-state index contributed by atoms with van der Waals surface area (Å²) in [5, 5.41) is 0. The fraction of sp³-hybridized carbons (Fsp3) is 0.500. The predicted octanol–water partition coefficient (Wildman–Crippen LogP) is 2.33. The lowest BCUT2D eigenvalue weighted by Crippen LogP contribution is -2.35. The van der Waals surface area contributed by atoms with Gasteiger partial charge in [0.05, 0.1) is 10.9 Å². The highest BCUT2D eigenvalue weighted by molar-refractivity contribution is 9.10. The lowest BCUT2D eigenvalue weighted by Gasteiger charge is -2.21. The van der Waals surface area contributed by atoms with Gasteiger partial charge in [0.1, 0.15) is 5.82 Å². The Morgan fingerprint density at radius 1 is 1.58 bits per heavy atom. The van der Waals surface area contributed by atoms with Crippen LogP contribution in [0.2, 0.25) is 0 Å². The summed E-state index contributed by atoms with van der Waals surface area (Å²) in [6.45, 7) is 3.41. The van der Waals surface area contributed by atoms with Crippen molar-refractivity contribution in [3.05, 3.63) is 34.1 Å². The zero-order chi connectivity index (χ0) is 14.0. The summed E-state index contributed by atoms with van der Waals surface area (Å²) >= 11 is 3.14.